The zero-order valence-corrected chi connectivity index (χ0v) is 18.0. The van der Waals surface area contributed by atoms with Crippen molar-refractivity contribution in [3.05, 3.63) is 81.9 Å². The molecule has 0 aromatic heterocycles. The largest absolute Gasteiger partial charge is 0.281 e. The Morgan fingerprint density at radius 1 is 0.679 bits per heavy atom. The van der Waals surface area contributed by atoms with Crippen LogP contribution < -0.4 is 4.90 Å². The molecule has 0 aliphatic heterocycles. The Kier molecular flexibility index (Phi) is 5.42. The first kappa shape index (κ1) is 19.9. The number of hydrogen-bond donors (Lipinski definition) is 0. The third-order valence-corrected chi connectivity index (χ3v) is 5.27. The summed E-state index contributed by atoms with van der Waals surface area (Å²) in [6.45, 7) is 14.3. The predicted molar refractivity (Wildman–Crippen MR) is 120 cm³/mol. The van der Waals surface area contributed by atoms with Crippen LogP contribution in [-0.4, -0.2) is 5.91 Å². The van der Waals surface area contributed by atoms with E-state index in [0.717, 1.165) is 22.5 Å². The van der Waals surface area contributed by atoms with Gasteiger partial charge in [0.15, 0.2) is 0 Å². The van der Waals surface area contributed by atoms with Crippen molar-refractivity contribution in [3.8, 4) is 11.1 Å². The molecule has 0 atom stereocenters. The minimum absolute atomic E-state index is 0.0190. The zero-order valence-electron chi connectivity index (χ0n) is 18.0. The van der Waals surface area contributed by atoms with E-state index in [1.165, 1.54) is 33.4 Å². The van der Waals surface area contributed by atoms with E-state index >= 15 is 0 Å². The maximum absolute atomic E-state index is 12.6. The van der Waals surface area contributed by atoms with Gasteiger partial charge in [-0.1, -0.05) is 47.5 Å². The second-order valence-corrected chi connectivity index (χ2v) is 7.92. The lowest BCUT2D eigenvalue weighted by molar-refractivity contribution is -0.115. The highest BCUT2D eigenvalue weighted by molar-refractivity contribution is 6.00. The van der Waals surface area contributed by atoms with Gasteiger partial charge in [-0.3, -0.25) is 9.69 Å². The van der Waals surface area contributed by atoms with E-state index in [-0.39, 0.29) is 5.91 Å². The number of nitrogens with zero attached hydrogens (tertiary/aromatic N) is 1. The van der Waals surface area contributed by atoms with E-state index in [4.69, 9.17) is 0 Å². The molecule has 0 aliphatic rings. The first-order valence-corrected chi connectivity index (χ1v) is 9.76. The van der Waals surface area contributed by atoms with Crippen molar-refractivity contribution in [2.45, 2.75) is 48.5 Å². The number of rotatable bonds is 3. The smallest absolute Gasteiger partial charge is 0.228 e. The van der Waals surface area contributed by atoms with Crippen molar-refractivity contribution in [2.24, 2.45) is 0 Å². The van der Waals surface area contributed by atoms with Crippen LogP contribution in [0.5, 0.6) is 0 Å². The average molecular weight is 372 g/mol. The van der Waals surface area contributed by atoms with E-state index < -0.39 is 0 Å². The standard InChI is InChI=1S/C26H29NO/c1-16-12-18(3)25(19(4)13-16)23-8-10-24(11-9-23)27(22(7)28)26-20(5)14-17(2)15-21(26)6/h8-15H,1-7H3. The number of amides is 1. The summed E-state index contributed by atoms with van der Waals surface area (Å²) >= 11 is 0. The van der Waals surface area contributed by atoms with Crippen molar-refractivity contribution < 1.29 is 4.79 Å². The topological polar surface area (TPSA) is 20.3 Å². The molecule has 0 unspecified atom stereocenters. The van der Waals surface area contributed by atoms with Crippen molar-refractivity contribution in [1.82, 2.24) is 0 Å². The predicted octanol–water partition coefficient (Wildman–Crippen LogP) is 6.89. The van der Waals surface area contributed by atoms with Crippen molar-refractivity contribution in [3.63, 3.8) is 0 Å². The molecule has 0 saturated carbocycles. The maximum Gasteiger partial charge on any atom is 0.228 e. The van der Waals surface area contributed by atoms with Gasteiger partial charge < -0.3 is 0 Å². The fraction of sp³-hybridized carbons (Fsp3) is 0.269. The fourth-order valence-corrected chi connectivity index (χ4v) is 4.41. The normalized spacial score (nSPS) is 10.8. The summed E-state index contributed by atoms with van der Waals surface area (Å²) in [5.74, 6) is 0.0190. The van der Waals surface area contributed by atoms with Gasteiger partial charge in [0.2, 0.25) is 5.91 Å². The van der Waals surface area contributed by atoms with Crippen molar-refractivity contribution in [1.29, 1.82) is 0 Å². The van der Waals surface area contributed by atoms with Gasteiger partial charge in [0.25, 0.3) is 0 Å². The minimum Gasteiger partial charge on any atom is -0.281 e. The number of benzene rings is 3. The number of aryl methyl sites for hydroxylation is 6. The summed E-state index contributed by atoms with van der Waals surface area (Å²) in [5.41, 5.74) is 11.6. The Bertz CT molecular complexity index is 999. The molecule has 3 aromatic rings. The minimum atomic E-state index is 0.0190. The summed E-state index contributed by atoms with van der Waals surface area (Å²) in [6, 6.07) is 17.0. The Hall–Kier alpha value is -2.87. The second-order valence-electron chi connectivity index (χ2n) is 7.92. The van der Waals surface area contributed by atoms with Gasteiger partial charge in [-0.2, -0.15) is 0 Å². The van der Waals surface area contributed by atoms with E-state index in [0.29, 0.717) is 0 Å². The van der Waals surface area contributed by atoms with Gasteiger partial charge in [0.05, 0.1) is 5.69 Å². The molecule has 0 bridgehead atoms. The van der Waals surface area contributed by atoms with Crippen molar-refractivity contribution in [2.75, 3.05) is 4.90 Å². The molecule has 0 radical (unpaired) electrons. The molecule has 2 nitrogen and oxygen atoms in total. The van der Waals surface area contributed by atoms with Gasteiger partial charge in [-0.25, -0.2) is 0 Å². The Morgan fingerprint density at radius 2 is 1.11 bits per heavy atom. The van der Waals surface area contributed by atoms with Gasteiger partial charge in [0.1, 0.15) is 0 Å². The van der Waals surface area contributed by atoms with E-state index in [9.17, 15) is 4.79 Å². The first-order valence-electron chi connectivity index (χ1n) is 9.76. The summed E-state index contributed by atoms with van der Waals surface area (Å²) in [5, 5.41) is 0. The first-order chi connectivity index (χ1) is 13.2. The maximum atomic E-state index is 12.6. The van der Waals surface area contributed by atoms with Crippen LogP contribution >= 0.6 is 0 Å². The van der Waals surface area contributed by atoms with Gasteiger partial charge in [-0.15, -0.1) is 0 Å². The summed E-state index contributed by atoms with van der Waals surface area (Å²) in [4.78, 5) is 14.4. The SMILES string of the molecule is CC(=O)N(c1ccc(-c2c(C)cc(C)cc2C)cc1)c1c(C)cc(C)cc1C. The molecule has 28 heavy (non-hydrogen) atoms. The second kappa shape index (κ2) is 7.63. The molecule has 0 fully saturated rings. The summed E-state index contributed by atoms with van der Waals surface area (Å²) in [7, 11) is 0. The molecule has 144 valence electrons. The van der Waals surface area contributed by atoms with Crippen LogP contribution in [0.4, 0.5) is 11.4 Å². The zero-order chi connectivity index (χ0) is 20.6. The number of carbonyl (C=O) groups is 1. The van der Waals surface area contributed by atoms with Crippen LogP contribution in [0, 0.1) is 41.5 Å². The van der Waals surface area contributed by atoms with E-state index in [1.807, 2.05) is 17.0 Å². The fourth-order valence-electron chi connectivity index (χ4n) is 4.41. The third-order valence-electron chi connectivity index (χ3n) is 5.27. The molecule has 0 aliphatic carbocycles. The summed E-state index contributed by atoms with van der Waals surface area (Å²) < 4.78 is 0. The van der Waals surface area contributed by atoms with Crippen LogP contribution in [0.2, 0.25) is 0 Å². The highest BCUT2D eigenvalue weighted by Crippen LogP contribution is 2.35. The quantitative estimate of drug-likeness (QED) is 0.491. The molecule has 0 spiro atoms. The Morgan fingerprint density at radius 3 is 1.54 bits per heavy atom. The van der Waals surface area contributed by atoms with Gasteiger partial charge in [-0.05, 0) is 87.1 Å². The molecule has 2 heteroatoms. The Labute approximate surface area is 168 Å². The summed E-state index contributed by atoms with van der Waals surface area (Å²) in [6.07, 6.45) is 0. The lowest BCUT2D eigenvalue weighted by atomic mass is 9.93. The molecule has 3 aromatic carbocycles. The van der Waals surface area contributed by atoms with E-state index in [1.54, 1.807) is 6.92 Å². The molecule has 0 N–H and O–H groups in total. The molecule has 0 saturated heterocycles. The van der Waals surface area contributed by atoms with E-state index in [2.05, 4.69) is 77.9 Å². The third kappa shape index (κ3) is 3.73. The number of anilines is 2. The van der Waals surface area contributed by atoms with Crippen molar-refractivity contribution >= 4 is 17.3 Å². The van der Waals surface area contributed by atoms with Crippen LogP contribution in [-0.2, 0) is 4.79 Å². The monoisotopic (exact) mass is 371 g/mol. The highest BCUT2D eigenvalue weighted by atomic mass is 16.2. The Balaban J connectivity index is 2.08. The van der Waals surface area contributed by atoms with Gasteiger partial charge >= 0.3 is 0 Å². The molecular formula is C26H29NO. The molecule has 3 rings (SSSR count). The van der Waals surface area contributed by atoms with Gasteiger partial charge in [0, 0.05) is 12.6 Å². The highest BCUT2D eigenvalue weighted by Gasteiger charge is 2.19. The van der Waals surface area contributed by atoms with Crippen LogP contribution in [0.25, 0.3) is 11.1 Å². The molecule has 0 heterocycles. The van der Waals surface area contributed by atoms with Crippen LogP contribution in [0.15, 0.2) is 48.5 Å². The molecule has 1 amide bonds. The van der Waals surface area contributed by atoms with Crippen LogP contribution in [0.1, 0.15) is 40.3 Å². The number of hydrogen-bond acceptors (Lipinski definition) is 1. The lowest BCUT2D eigenvalue weighted by Crippen LogP contribution is -2.24. The lowest BCUT2D eigenvalue weighted by Gasteiger charge is -2.26. The average Bonchev–Trinajstić information content (AvgIpc) is 2.57. The number of carbonyl (C=O) groups excluding carboxylic acids is 1. The van der Waals surface area contributed by atoms with Crippen LogP contribution in [0.3, 0.4) is 0 Å². The molecular weight excluding hydrogens is 342 g/mol.